The molecule has 0 saturated carbocycles. The van der Waals surface area contributed by atoms with E-state index >= 15 is 0 Å². The van der Waals surface area contributed by atoms with Gasteiger partial charge in [-0.25, -0.2) is 9.18 Å². The van der Waals surface area contributed by atoms with Gasteiger partial charge in [0.25, 0.3) is 0 Å². The first kappa shape index (κ1) is 12.4. The van der Waals surface area contributed by atoms with Crippen LogP contribution >= 0.6 is 0 Å². The molecule has 20 heavy (non-hydrogen) atoms. The van der Waals surface area contributed by atoms with Crippen LogP contribution in [-0.4, -0.2) is 11.1 Å². The molecular weight excluding hydrogens is 259 g/mol. The Morgan fingerprint density at radius 2 is 1.95 bits per heavy atom. The predicted molar refractivity (Wildman–Crippen MR) is 73.3 cm³/mol. The van der Waals surface area contributed by atoms with E-state index in [1.54, 1.807) is 37.3 Å². The summed E-state index contributed by atoms with van der Waals surface area (Å²) in [6.07, 6.45) is 0. The minimum absolute atomic E-state index is 0.183. The van der Waals surface area contributed by atoms with Crippen LogP contribution < -0.4 is 0 Å². The number of halogens is 1. The molecule has 2 aromatic carbocycles. The van der Waals surface area contributed by atoms with Crippen molar-refractivity contribution in [1.29, 1.82) is 0 Å². The first-order valence-electron chi connectivity index (χ1n) is 6.09. The third-order valence-corrected chi connectivity index (χ3v) is 3.33. The SMILES string of the molecule is Cc1c(C(=O)O)cccc1-c1cc2cccc(F)c2o1. The predicted octanol–water partition coefficient (Wildman–Crippen LogP) is 4.25. The zero-order valence-corrected chi connectivity index (χ0v) is 10.7. The second kappa shape index (κ2) is 4.49. The van der Waals surface area contributed by atoms with Crippen molar-refractivity contribution in [1.82, 2.24) is 0 Å². The van der Waals surface area contributed by atoms with E-state index in [1.807, 2.05) is 0 Å². The van der Waals surface area contributed by atoms with E-state index in [2.05, 4.69) is 0 Å². The molecule has 0 aliphatic heterocycles. The van der Waals surface area contributed by atoms with Crippen molar-refractivity contribution < 1.29 is 18.7 Å². The number of benzene rings is 2. The van der Waals surface area contributed by atoms with E-state index in [9.17, 15) is 9.18 Å². The summed E-state index contributed by atoms with van der Waals surface area (Å²) in [7, 11) is 0. The van der Waals surface area contributed by atoms with E-state index in [0.717, 1.165) is 0 Å². The van der Waals surface area contributed by atoms with Crippen molar-refractivity contribution in [3.8, 4) is 11.3 Å². The molecule has 4 heteroatoms. The summed E-state index contributed by atoms with van der Waals surface area (Å²) in [6.45, 7) is 1.71. The fourth-order valence-electron chi connectivity index (χ4n) is 2.29. The van der Waals surface area contributed by atoms with E-state index < -0.39 is 11.8 Å². The zero-order chi connectivity index (χ0) is 14.3. The van der Waals surface area contributed by atoms with Crippen molar-refractivity contribution >= 4 is 16.9 Å². The monoisotopic (exact) mass is 270 g/mol. The van der Waals surface area contributed by atoms with Gasteiger partial charge in [-0.1, -0.05) is 24.3 Å². The quantitative estimate of drug-likeness (QED) is 0.757. The van der Waals surface area contributed by atoms with Crippen LogP contribution in [0.1, 0.15) is 15.9 Å². The van der Waals surface area contributed by atoms with Gasteiger partial charge in [0.15, 0.2) is 11.4 Å². The summed E-state index contributed by atoms with van der Waals surface area (Å²) in [5.41, 5.74) is 1.64. The maximum absolute atomic E-state index is 13.6. The van der Waals surface area contributed by atoms with Gasteiger partial charge in [-0.3, -0.25) is 0 Å². The average molecular weight is 270 g/mol. The number of carboxylic acid groups (broad SMARTS) is 1. The highest BCUT2D eigenvalue weighted by Crippen LogP contribution is 2.32. The number of furan rings is 1. The number of para-hydroxylation sites is 1. The second-order valence-corrected chi connectivity index (χ2v) is 4.55. The fourth-order valence-corrected chi connectivity index (χ4v) is 2.29. The standard InChI is InChI=1S/C16H11FO3/c1-9-11(5-3-6-12(9)16(18)19)14-8-10-4-2-7-13(17)15(10)20-14/h2-8H,1H3,(H,18,19). The molecule has 0 aliphatic carbocycles. The van der Waals surface area contributed by atoms with Crippen LogP contribution in [0.5, 0.6) is 0 Å². The molecular formula is C16H11FO3. The molecule has 3 aromatic rings. The number of hydrogen-bond donors (Lipinski definition) is 1. The van der Waals surface area contributed by atoms with E-state index in [1.165, 1.54) is 12.1 Å². The van der Waals surface area contributed by atoms with Crippen molar-refractivity contribution in [2.45, 2.75) is 6.92 Å². The van der Waals surface area contributed by atoms with Gasteiger partial charge >= 0.3 is 5.97 Å². The molecule has 0 radical (unpaired) electrons. The number of carbonyl (C=O) groups is 1. The minimum Gasteiger partial charge on any atom is -0.478 e. The third kappa shape index (κ3) is 1.86. The Morgan fingerprint density at radius 1 is 1.20 bits per heavy atom. The Labute approximate surface area is 114 Å². The Morgan fingerprint density at radius 3 is 2.65 bits per heavy atom. The Bertz CT molecular complexity index is 818. The van der Waals surface area contributed by atoms with Crippen LogP contribution in [0.2, 0.25) is 0 Å². The van der Waals surface area contributed by atoms with E-state index in [0.29, 0.717) is 22.3 Å². The molecule has 0 saturated heterocycles. The molecule has 1 N–H and O–H groups in total. The first-order chi connectivity index (χ1) is 9.58. The van der Waals surface area contributed by atoms with Gasteiger partial charge in [-0.05, 0) is 30.7 Å². The van der Waals surface area contributed by atoms with Gasteiger partial charge in [-0.15, -0.1) is 0 Å². The molecule has 0 spiro atoms. The lowest BCUT2D eigenvalue weighted by Crippen LogP contribution is -2.00. The molecule has 3 rings (SSSR count). The number of rotatable bonds is 2. The lowest BCUT2D eigenvalue weighted by molar-refractivity contribution is 0.0696. The molecule has 3 nitrogen and oxygen atoms in total. The van der Waals surface area contributed by atoms with Gasteiger partial charge in [0.05, 0.1) is 5.56 Å². The molecule has 0 amide bonds. The van der Waals surface area contributed by atoms with Gasteiger partial charge in [-0.2, -0.15) is 0 Å². The van der Waals surface area contributed by atoms with Gasteiger partial charge in [0, 0.05) is 10.9 Å². The van der Waals surface area contributed by atoms with Crippen molar-refractivity contribution in [3.63, 3.8) is 0 Å². The number of aromatic carboxylic acids is 1. The van der Waals surface area contributed by atoms with E-state index in [4.69, 9.17) is 9.52 Å². The lowest BCUT2D eigenvalue weighted by atomic mass is 10.0. The first-order valence-corrected chi connectivity index (χ1v) is 6.09. The lowest BCUT2D eigenvalue weighted by Gasteiger charge is -2.05. The summed E-state index contributed by atoms with van der Waals surface area (Å²) < 4.78 is 19.2. The smallest absolute Gasteiger partial charge is 0.335 e. The second-order valence-electron chi connectivity index (χ2n) is 4.55. The maximum Gasteiger partial charge on any atom is 0.335 e. The van der Waals surface area contributed by atoms with Crippen LogP contribution in [0.3, 0.4) is 0 Å². The molecule has 0 unspecified atom stereocenters. The highest BCUT2D eigenvalue weighted by atomic mass is 19.1. The summed E-state index contributed by atoms with van der Waals surface area (Å²) in [4.78, 5) is 11.1. The van der Waals surface area contributed by atoms with Crippen LogP contribution in [-0.2, 0) is 0 Å². The Balaban J connectivity index is 2.23. The summed E-state index contributed by atoms with van der Waals surface area (Å²) in [5.74, 6) is -0.960. The maximum atomic E-state index is 13.6. The summed E-state index contributed by atoms with van der Waals surface area (Å²) >= 11 is 0. The Hall–Kier alpha value is -2.62. The molecule has 1 heterocycles. The topological polar surface area (TPSA) is 50.4 Å². The van der Waals surface area contributed by atoms with Crippen LogP contribution in [0.15, 0.2) is 46.9 Å². The molecule has 0 fully saturated rings. The van der Waals surface area contributed by atoms with Crippen LogP contribution in [0.25, 0.3) is 22.3 Å². The van der Waals surface area contributed by atoms with E-state index in [-0.39, 0.29) is 11.1 Å². The van der Waals surface area contributed by atoms with Crippen molar-refractivity contribution in [2.24, 2.45) is 0 Å². The highest BCUT2D eigenvalue weighted by molar-refractivity contribution is 5.92. The third-order valence-electron chi connectivity index (χ3n) is 3.33. The fraction of sp³-hybridized carbons (Fsp3) is 0.0625. The molecule has 1 aromatic heterocycles. The van der Waals surface area contributed by atoms with Crippen LogP contribution in [0.4, 0.5) is 4.39 Å². The molecule has 100 valence electrons. The molecule has 0 aliphatic rings. The minimum atomic E-state index is -0.994. The molecule has 0 atom stereocenters. The average Bonchev–Trinajstić information content (AvgIpc) is 2.84. The highest BCUT2D eigenvalue weighted by Gasteiger charge is 2.15. The summed E-state index contributed by atoms with van der Waals surface area (Å²) in [5, 5.41) is 9.78. The van der Waals surface area contributed by atoms with Crippen molar-refractivity contribution in [2.75, 3.05) is 0 Å². The largest absolute Gasteiger partial charge is 0.478 e. The van der Waals surface area contributed by atoms with Gasteiger partial charge in [0.1, 0.15) is 5.76 Å². The Kier molecular flexibility index (Phi) is 2.79. The zero-order valence-electron chi connectivity index (χ0n) is 10.7. The normalized spacial score (nSPS) is 10.9. The number of carboxylic acids is 1. The van der Waals surface area contributed by atoms with Gasteiger partial charge in [0.2, 0.25) is 0 Å². The van der Waals surface area contributed by atoms with Crippen LogP contribution in [0, 0.1) is 12.7 Å². The number of fused-ring (bicyclic) bond motifs is 1. The number of hydrogen-bond acceptors (Lipinski definition) is 2. The molecule has 0 bridgehead atoms. The van der Waals surface area contributed by atoms with Crippen molar-refractivity contribution in [3.05, 3.63) is 59.4 Å². The summed E-state index contributed by atoms with van der Waals surface area (Å²) in [6, 6.07) is 11.3. The van der Waals surface area contributed by atoms with Gasteiger partial charge < -0.3 is 9.52 Å².